The summed E-state index contributed by atoms with van der Waals surface area (Å²) in [6.07, 6.45) is 6.39. The van der Waals surface area contributed by atoms with Crippen molar-refractivity contribution >= 4 is 0 Å². The second-order valence-electron chi connectivity index (χ2n) is 5.28. The molecule has 2 aliphatic rings. The van der Waals surface area contributed by atoms with Crippen LogP contribution in [0.25, 0.3) is 0 Å². The summed E-state index contributed by atoms with van der Waals surface area (Å²) in [6, 6.07) is 0. The maximum absolute atomic E-state index is 9.82. The summed E-state index contributed by atoms with van der Waals surface area (Å²) in [5.41, 5.74) is 0.0880. The van der Waals surface area contributed by atoms with Crippen LogP contribution in [0, 0.1) is 17.3 Å². The maximum Gasteiger partial charge on any atom is 0.0684 e. The highest BCUT2D eigenvalue weighted by Crippen LogP contribution is 2.52. The van der Waals surface area contributed by atoms with Gasteiger partial charge in [0, 0.05) is 12.0 Å². The Kier molecular flexibility index (Phi) is 3.36. The van der Waals surface area contributed by atoms with Gasteiger partial charge in [0.05, 0.1) is 12.7 Å². The van der Waals surface area contributed by atoms with E-state index < -0.39 is 0 Å². The van der Waals surface area contributed by atoms with E-state index in [-0.39, 0.29) is 5.41 Å². The van der Waals surface area contributed by atoms with Crippen LogP contribution in [0.5, 0.6) is 0 Å². The number of ether oxygens (including phenoxy) is 1. The van der Waals surface area contributed by atoms with Crippen molar-refractivity contribution in [2.45, 2.75) is 52.1 Å². The van der Waals surface area contributed by atoms with Crippen molar-refractivity contribution in [3.63, 3.8) is 0 Å². The van der Waals surface area contributed by atoms with Crippen LogP contribution < -0.4 is 0 Å². The Morgan fingerprint density at radius 3 is 2.47 bits per heavy atom. The van der Waals surface area contributed by atoms with E-state index in [0.717, 1.165) is 18.9 Å². The zero-order chi connectivity index (χ0) is 10.9. The number of hydrogen-bond acceptors (Lipinski definition) is 2. The van der Waals surface area contributed by atoms with Gasteiger partial charge in [0.25, 0.3) is 0 Å². The third kappa shape index (κ3) is 1.83. The summed E-state index contributed by atoms with van der Waals surface area (Å²) >= 11 is 0. The highest BCUT2D eigenvalue weighted by molar-refractivity contribution is 5.01. The van der Waals surface area contributed by atoms with Gasteiger partial charge in [0.1, 0.15) is 0 Å². The molecule has 0 amide bonds. The van der Waals surface area contributed by atoms with Crippen LogP contribution in [-0.2, 0) is 4.74 Å². The van der Waals surface area contributed by atoms with Crippen molar-refractivity contribution in [2.24, 2.45) is 17.3 Å². The van der Waals surface area contributed by atoms with E-state index in [1.807, 2.05) is 0 Å². The van der Waals surface area contributed by atoms with Gasteiger partial charge < -0.3 is 9.84 Å². The topological polar surface area (TPSA) is 29.5 Å². The average molecular weight is 212 g/mol. The van der Waals surface area contributed by atoms with Gasteiger partial charge in [-0.2, -0.15) is 0 Å². The normalized spacial score (nSPS) is 36.4. The van der Waals surface area contributed by atoms with E-state index in [1.54, 1.807) is 0 Å². The largest absolute Gasteiger partial charge is 0.396 e. The van der Waals surface area contributed by atoms with Crippen LogP contribution in [0.1, 0.15) is 46.0 Å². The molecular formula is C13H24O2. The summed E-state index contributed by atoms with van der Waals surface area (Å²) in [7, 11) is 0. The number of aliphatic hydroxyl groups is 1. The summed E-state index contributed by atoms with van der Waals surface area (Å²) < 4.78 is 5.91. The van der Waals surface area contributed by atoms with Crippen LogP contribution in [0.3, 0.4) is 0 Å². The van der Waals surface area contributed by atoms with Gasteiger partial charge in [-0.15, -0.1) is 0 Å². The van der Waals surface area contributed by atoms with Crippen LogP contribution in [0.15, 0.2) is 0 Å². The van der Waals surface area contributed by atoms with E-state index in [9.17, 15) is 5.11 Å². The summed E-state index contributed by atoms with van der Waals surface area (Å²) in [4.78, 5) is 0. The van der Waals surface area contributed by atoms with Crippen molar-refractivity contribution in [3.8, 4) is 0 Å². The monoisotopic (exact) mass is 212 g/mol. The third-order valence-corrected chi connectivity index (χ3v) is 4.57. The van der Waals surface area contributed by atoms with Gasteiger partial charge in [-0.3, -0.25) is 0 Å². The van der Waals surface area contributed by atoms with Crippen molar-refractivity contribution in [1.29, 1.82) is 0 Å². The van der Waals surface area contributed by atoms with Crippen LogP contribution >= 0.6 is 0 Å². The van der Waals surface area contributed by atoms with E-state index in [0.29, 0.717) is 18.6 Å². The molecule has 2 rings (SSSR count). The summed E-state index contributed by atoms with van der Waals surface area (Å²) in [5, 5.41) is 9.82. The fraction of sp³-hybridized carbons (Fsp3) is 1.00. The molecule has 2 heteroatoms. The Balaban J connectivity index is 2.16. The van der Waals surface area contributed by atoms with E-state index >= 15 is 0 Å². The Bertz CT molecular complexity index is 209. The third-order valence-electron chi connectivity index (χ3n) is 4.57. The highest BCUT2D eigenvalue weighted by Gasteiger charge is 2.53. The molecule has 0 spiro atoms. The molecule has 1 aliphatic carbocycles. The lowest BCUT2D eigenvalue weighted by molar-refractivity contribution is -0.0368. The molecule has 0 radical (unpaired) electrons. The molecule has 2 fully saturated rings. The number of aliphatic hydroxyl groups excluding tert-OH is 1. The maximum atomic E-state index is 9.82. The van der Waals surface area contributed by atoms with E-state index in [2.05, 4.69) is 13.8 Å². The smallest absolute Gasteiger partial charge is 0.0684 e. The van der Waals surface area contributed by atoms with E-state index in [4.69, 9.17) is 4.74 Å². The molecule has 2 nitrogen and oxygen atoms in total. The molecule has 0 aromatic carbocycles. The first-order chi connectivity index (χ1) is 7.28. The molecule has 88 valence electrons. The SMILES string of the molecule is CCC(CC)C1(CO)CCOC1C1CC1. The Labute approximate surface area is 93.0 Å². The predicted molar refractivity (Wildman–Crippen MR) is 60.7 cm³/mol. The van der Waals surface area contributed by atoms with Gasteiger partial charge in [-0.25, -0.2) is 0 Å². The molecule has 1 saturated heterocycles. The predicted octanol–water partition coefficient (Wildman–Crippen LogP) is 2.60. The van der Waals surface area contributed by atoms with Gasteiger partial charge in [-0.05, 0) is 31.1 Å². The van der Waals surface area contributed by atoms with Crippen molar-refractivity contribution in [3.05, 3.63) is 0 Å². The minimum atomic E-state index is 0.0880. The molecule has 1 N–H and O–H groups in total. The van der Waals surface area contributed by atoms with E-state index in [1.165, 1.54) is 25.7 Å². The standard InChI is InChI=1S/C13H24O2/c1-3-11(4-2)13(9-14)7-8-15-12(13)10-5-6-10/h10-12,14H,3-9H2,1-2H3. The molecule has 2 atom stereocenters. The van der Waals surface area contributed by atoms with Gasteiger partial charge in [-0.1, -0.05) is 26.7 Å². The first-order valence-electron chi connectivity index (χ1n) is 6.51. The average Bonchev–Trinajstić information content (AvgIpc) is 3.02. The lowest BCUT2D eigenvalue weighted by Crippen LogP contribution is -2.42. The minimum Gasteiger partial charge on any atom is -0.396 e. The summed E-state index contributed by atoms with van der Waals surface area (Å²) in [5.74, 6) is 1.39. The Morgan fingerprint density at radius 1 is 1.33 bits per heavy atom. The van der Waals surface area contributed by atoms with Gasteiger partial charge in [0.15, 0.2) is 0 Å². The van der Waals surface area contributed by atoms with Gasteiger partial charge >= 0.3 is 0 Å². The molecule has 15 heavy (non-hydrogen) atoms. The zero-order valence-electron chi connectivity index (χ0n) is 10.0. The number of hydrogen-bond donors (Lipinski definition) is 1. The first-order valence-corrected chi connectivity index (χ1v) is 6.51. The summed E-state index contributed by atoms with van der Waals surface area (Å²) in [6.45, 7) is 5.67. The molecule has 1 heterocycles. The van der Waals surface area contributed by atoms with Crippen LogP contribution in [0.2, 0.25) is 0 Å². The quantitative estimate of drug-likeness (QED) is 0.759. The fourth-order valence-corrected chi connectivity index (χ4v) is 3.52. The highest BCUT2D eigenvalue weighted by atomic mass is 16.5. The molecule has 1 aliphatic heterocycles. The minimum absolute atomic E-state index is 0.0880. The van der Waals surface area contributed by atoms with Crippen molar-refractivity contribution in [1.82, 2.24) is 0 Å². The Hall–Kier alpha value is -0.0800. The molecular weight excluding hydrogens is 188 g/mol. The Morgan fingerprint density at radius 2 is 2.00 bits per heavy atom. The fourth-order valence-electron chi connectivity index (χ4n) is 3.52. The van der Waals surface area contributed by atoms with Crippen molar-refractivity contribution in [2.75, 3.05) is 13.2 Å². The molecule has 2 unspecified atom stereocenters. The first kappa shape index (κ1) is 11.4. The van der Waals surface area contributed by atoms with Crippen LogP contribution in [0.4, 0.5) is 0 Å². The number of rotatable bonds is 5. The lowest BCUT2D eigenvalue weighted by Gasteiger charge is -2.39. The zero-order valence-corrected chi connectivity index (χ0v) is 10.0. The van der Waals surface area contributed by atoms with Crippen LogP contribution in [-0.4, -0.2) is 24.4 Å². The molecule has 1 saturated carbocycles. The lowest BCUT2D eigenvalue weighted by atomic mass is 9.67. The van der Waals surface area contributed by atoms with Crippen molar-refractivity contribution < 1.29 is 9.84 Å². The second kappa shape index (κ2) is 4.42. The molecule has 0 aromatic heterocycles. The second-order valence-corrected chi connectivity index (χ2v) is 5.28. The molecule has 0 bridgehead atoms. The molecule has 0 aromatic rings. The van der Waals surface area contributed by atoms with Gasteiger partial charge in [0.2, 0.25) is 0 Å².